The second kappa shape index (κ2) is 5.75. The minimum Gasteiger partial charge on any atom is -0.365 e. The van der Waals surface area contributed by atoms with E-state index in [1.807, 2.05) is 0 Å². The molecule has 4 nitrogen and oxygen atoms in total. The molecule has 0 aromatic rings. The molecule has 0 saturated heterocycles. The number of rotatable bonds is 4. The minimum atomic E-state index is -2.82. The number of hydrogen-bond acceptors (Lipinski definition) is 5. The highest BCUT2D eigenvalue weighted by Crippen LogP contribution is 2.15. The van der Waals surface area contributed by atoms with Crippen LogP contribution in [0.1, 0.15) is 13.3 Å². The van der Waals surface area contributed by atoms with E-state index >= 15 is 0 Å². The quantitative estimate of drug-likeness (QED) is 0.748. The summed E-state index contributed by atoms with van der Waals surface area (Å²) < 4.78 is 21.7. The van der Waals surface area contributed by atoms with Crippen molar-refractivity contribution in [2.24, 2.45) is 10.9 Å². The number of thioether (sulfide) groups is 1. The zero-order chi connectivity index (χ0) is 11.3. The summed E-state index contributed by atoms with van der Waals surface area (Å²) in [7, 11) is -2.82. The van der Waals surface area contributed by atoms with E-state index in [0.717, 1.165) is 17.5 Å². The first kappa shape index (κ1) is 12.8. The molecule has 1 N–H and O–H groups in total. The second-order valence-corrected chi connectivity index (χ2v) is 7.24. The van der Waals surface area contributed by atoms with Gasteiger partial charge < -0.3 is 5.32 Å². The molecule has 15 heavy (non-hydrogen) atoms. The molecule has 0 fully saturated rings. The molecule has 1 aliphatic heterocycles. The van der Waals surface area contributed by atoms with Gasteiger partial charge in [-0.2, -0.15) is 0 Å². The van der Waals surface area contributed by atoms with Crippen molar-refractivity contribution in [3.63, 3.8) is 0 Å². The highest BCUT2D eigenvalue weighted by atomic mass is 32.2. The second-order valence-electron chi connectivity index (χ2n) is 3.97. The van der Waals surface area contributed by atoms with Crippen LogP contribution in [0.15, 0.2) is 4.99 Å². The number of aliphatic imine (C=N–C) groups is 1. The molecule has 0 saturated carbocycles. The molecule has 1 aliphatic rings. The topological polar surface area (TPSA) is 58.5 Å². The Morgan fingerprint density at radius 1 is 1.60 bits per heavy atom. The third kappa shape index (κ3) is 6.04. The molecule has 0 aliphatic carbocycles. The molecule has 1 rings (SSSR count). The summed E-state index contributed by atoms with van der Waals surface area (Å²) in [4.78, 5) is 4.36. The molecule has 1 atom stereocenters. The zero-order valence-electron chi connectivity index (χ0n) is 9.19. The molecule has 0 aromatic carbocycles. The van der Waals surface area contributed by atoms with Crippen molar-refractivity contribution >= 4 is 26.8 Å². The summed E-state index contributed by atoms with van der Waals surface area (Å²) in [5.41, 5.74) is 0. The van der Waals surface area contributed by atoms with Crippen LogP contribution >= 0.6 is 11.8 Å². The third-order valence-electron chi connectivity index (χ3n) is 2.02. The summed E-state index contributed by atoms with van der Waals surface area (Å²) in [5, 5.41) is 4.12. The van der Waals surface area contributed by atoms with Gasteiger partial charge in [-0.25, -0.2) is 8.42 Å². The van der Waals surface area contributed by atoms with Gasteiger partial charge in [-0.05, 0) is 12.3 Å². The van der Waals surface area contributed by atoms with E-state index in [9.17, 15) is 8.42 Å². The van der Waals surface area contributed by atoms with Gasteiger partial charge in [0.05, 0.1) is 5.75 Å². The van der Waals surface area contributed by atoms with Crippen molar-refractivity contribution in [3.05, 3.63) is 0 Å². The Morgan fingerprint density at radius 3 is 2.87 bits per heavy atom. The molecular formula is C9H18N2O2S2. The van der Waals surface area contributed by atoms with Gasteiger partial charge in [0.25, 0.3) is 0 Å². The van der Waals surface area contributed by atoms with Crippen LogP contribution in [0.25, 0.3) is 0 Å². The lowest BCUT2D eigenvalue weighted by molar-refractivity contribution is 0.598. The maximum absolute atomic E-state index is 10.9. The van der Waals surface area contributed by atoms with Crippen LogP contribution in [0.4, 0.5) is 0 Å². The van der Waals surface area contributed by atoms with E-state index < -0.39 is 9.84 Å². The molecule has 0 spiro atoms. The molecule has 0 bridgehead atoms. The van der Waals surface area contributed by atoms with Gasteiger partial charge in [-0.1, -0.05) is 18.7 Å². The van der Waals surface area contributed by atoms with Gasteiger partial charge in [0.2, 0.25) is 0 Å². The largest absolute Gasteiger partial charge is 0.365 e. The molecule has 0 amide bonds. The maximum Gasteiger partial charge on any atom is 0.156 e. The molecule has 6 heteroatoms. The number of hydrogen-bond donors (Lipinski definition) is 1. The third-order valence-corrected chi connectivity index (χ3v) is 4.33. The number of sulfone groups is 1. The summed E-state index contributed by atoms with van der Waals surface area (Å²) in [5.74, 6) is 1.99. The Bertz CT molecular complexity index is 325. The summed E-state index contributed by atoms with van der Waals surface area (Å²) in [6.45, 7) is 3.74. The predicted octanol–water partition coefficient (Wildman–Crippen LogP) is 0.750. The Hall–Kier alpha value is -0.230. The molecule has 0 aromatic heterocycles. The molecular weight excluding hydrogens is 232 g/mol. The maximum atomic E-state index is 10.9. The fourth-order valence-corrected chi connectivity index (χ4v) is 2.78. The van der Waals surface area contributed by atoms with Crippen molar-refractivity contribution in [2.75, 3.05) is 30.9 Å². The first-order chi connectivity index (χ1) is 6.97. The van der Waals surface area contributed by atoms with E-state index in [1.165, 1.54) is 6.26 Å². The minimum absolute atomic E-state index is 0.244. The van der Waals surface area contributed by atoms with Gasteiger partial charge in [0, 0.05) is 25.1 Å². The van der Waals surface area contributed by atoms with Gasteiger partial charge in [0.1, 0.15) is 9.84 Å². The first-order valence-electron chi connectivity index (χ1n) is 5.06. The van der Waals surface area contributed by atoms with Gasteiger partial charge >= 0.3 is 0 Å². The van der Waals surface area contributed by atoms with Crippen molar-refractivity contribution in [1.82, 2.24) is 5.32 Å². The van der Waals surface area contributed by atoms with Crippen molar-refractivity contribution < 1.29 is 8.42 Å². The van der Waals surface area contributed by atoms with Gasteiger partial charge in [0.15, 0.2) is 5.17 Å². The van der Waals surface area contributed by atoms with E-state index in [4.69, 9.17) is 0 Å². The lowest BCUT2D eigenvalue weighted by Crippen LogP contribution is -2.27. The van der Waals surface area contributed by atoms with Crippen molar-refractivity contribution in [3.8, 4) is 0 Å². The van der Waals surface area contributed by atoms with Crippen LogP contribution in [0.3, 0.4) is 0 Å². The summed E-state index contributed by atoms with van der Waals surface area (Å²) in [6, 6.07) is 0. The van der Waals surface area contributed by atoms with Crippen LogP contribution in [0.2, 0.25) is 0 Å². The van der Waals surface area contributed by atoms with Crippen molar-refractivity contribution in [1.29, 1.82) is 0 Å². The number of nitrogens with zero attached hydrogens (tertiary/aromatic N) is 1. The van der Waals surface area contributed by atoms with Crippen LogP contribution < -0.4 is 5.32 Å². The predicted molar refractivity (Wildman–Crippen MR) is 66.3 cm³/mol. The van der Waals surface area contributed by atoms with E-state index in [-0.39, 0.29) is 5.75 Å². The molecule has 1 heterocycles. The Balaban J connectivity index is 2.16. The normalized spacial score (nSPS) is 22.3. The SMILES string of the molecule is CC1CN=C(NCCCS(C)(=O)=O)SC1. The fraction of sp³-hybridized carbons (Fsp3) is 0.889. The number of amidine groups is 1. The lowest BCUT2D eigenvalue weighted by atomic mass is 10.2. The Morgan fingerprint density at radius 2 is 2.33 bits per heavy atom. The number of nitrogens with one attached hydrogen (secondary N) is 1. The molecule has 88 valence electrons. The summed E-state index contributed by atoms with van der Waals surface area (Å²) in [6.07, 6.45) is 1.91. The molecule has 0 radical (unpaired) electrons. The lowest BCUT2D eigenvalue weighted by Gasteiger charge is -2.17. The van der Waals surface area contributed by atoms with Crippen LogP contribution in [0.5, 0.6) is 0 Å². The Kier molecular flexibility index (Phi) is 4.92. The highest BCUT2D eigenvalue weighted by Gasteiger charge is 2.11. The van der Waals surface area contributed by atoms with Gasteiger partial charge in [-0.15, -0.1) is 0 Å². The smallest absolute Gasteiger partial charge is 0.156 e. The average molecular weight is 250 g/mol. The van der Waals surface area contributed by atoms with E-state index in [0.29, 0.717) is 18.9 Å². The Labute approximate surface area is 95.8 Å². The highest BCUT2D eigenvalue weighted by molar-refractivity contribution is 8.13. The van der Waals surface area contributed by atoms with E-state index in [2.05, 4.69) is 17.2 Å². The van der Waals surface area contributed by atoms with Crippen LogP contribution in [0, 0.1) is 5.92 Å². The average Bonchev–Trinajstić information content (AvgIpc) is 2.14. The first-order valence-corrected chi connectivity index (χ1v) is 8.11. The van der Waals surface area contributed by atoms with Crippen molar-refractivity contribution in [2.45, 2.75) is 13.3 Å². The fourth-order valence-electron chi connectivity index (χ4n) is 1.19. The van der Waals surface area contributed by atoms with E-state index in [1.54, 1.807) is 11.8 Å². The molecule has 1 unspecified atom stereocenters. The summed E-state index contributed by atoms with van der Waals surface area (Å²) >= 11 is 1.72. The zero-order valence-corrected chi connectivity index (χ0v) is 10.8. The standard InChI is InChI=1S/C9H18N2O2S2/c1-8-6-11-9(14-7-8)10-4-3-5-15(2,12)13/h8H,3-7H2,1-2H3,(H,10,11). The van der Waals surface area contributed by atoms with Crippen LogP contribution in [-0.2, 0) is 9.84 Å². The van der Waals surface area contributed by atoms with Crippen LogP contribution in [-0.4, -0.2) is 44.4 Å². The monoisotopic (exact) mass is 250 g/mol. The van der Waals surface area contributed by atoms with Gasteiger partial charge in [-0.3, -0.25) is 4.99 Å².